The standard InChI is InChI=1S/C23H33NO3/c1-17(22(26)27-3)16-20(9-7-8-18(2)24)23(14-5-4-6-15-23)19-10-12-21(25)13-11-19/h7-8,10-13,16-18,25H,4-6,9,14-15,24H2,1-3H3/b8-7-,20-16+. The third-order valence-electron chi connectivity index (χ3n) is 5.54. The van der Waals surface area contributed by atoms with E-state index in [9.17, 15) is 9.90 Å². The first-order valence-electron chi connectivity index (χ1n) is 9.90. The van der Waals surface area contributed by atoms with Crippen LogP contribution in [0.15, 0.2) is 48.1 Å². The number of rotatable bonds is 7. The van der Waals surface area contributed by atoms with Crippen LogP contribution in [0.2, 0.25) is 0 Å². The van der Waals surface area contributed by atoms with Gasteiger partial charge >= 0.3 is 5.97 Å². The summed E-state index contributed by atoms with van der Waals surface area (Å²) in [5.41, 5.74) is 8.21. The Morgan fingerprint density at radius 1 is 1.22 bits per heavy atom. The number of esters is 1. The van der Waals surface area contributed by atoms with Gasteiger partial charge in [-0.3, -0.25) is 4.79 Å². The molecular weight excluding hydrogens is 338 g/mol. The molecule has 1 fully saturated rings. The number of hydrogen-bond donors (Lipinski definition) is 2. The molecule has 148 valence electrons. The molecule has 1 aromatic carbocycles. The number of benzene rings is 1. The molecule has 2 atom stereocenters. The second kappa shape index (κ2) is 9.75. The van der Waals surface area contributed by atoms with Crippen molar-refractivity contribution in [1.29, 1.82) is 0 Å². The molecule has 0 radical (unpaired) electrons. The number of allylic oxidation sites excluding steroid dienone is 2. The van der Waals surface area contributed by atoms with Gasteiger partial charge in [-0.1, -0.05) is 55.2 Å². The molecular formula is C23H33NO3. The number of carbonyl (C=O) groups is 1. The molecule has 2 unspecified atom stereocenters. The van der Waals surface area contributed by atoms with Crippen LogP contribution in [0.1, 0.15) is 57.9 Å². The fourth-order valence-electron chi connectivity index (χ4n) is 4.12. The van der Waals surface area contributed by atoms with Gasteiger partial charge in [-0.25, -0.2) is 0 Å². The van der Waals surface area contributed by atoms with E-state index in [1.807, 2.05) is 32.1 Å². The number of aromatic hydroxyl groups is 1. The fourth-order valence-corrected chi connectivity index (χ4v) is 4.12. The molecule has 1 aromatic rings. The monoisotopic (exact) mass is 371 g/mol. The van der Waals surface area contributed by atoms with Crippen LogP contribution in [0.4, 0.5) is 0 Å². The largest absolute Gasteiger partial charge is 0.508 e. The molecule has 1 saturated carbocycles. The van der Waals surface area contributed by atoms with Crippen molar-refractivity contribution in [2.45, 2.75) is 63.8 Å². The average molecular weight is 372 g/mol. The highest BCUT2D eigenvalue weighted by molar-refractivity contribution is 5.74. The topological polar surface area (TPSA) is 72.5 Å². The Hall–Kier alpha value is -2.07. The van der Waals surface area contributed by atoms with Crippen molar-refractivity contribution in [3.8, 4) is 5.75 Å². The molecule has 4 nitrogen and oxygen atoms in total. The van der Waals surface area contributed by atoms with Crippen molar-refractivity contribution in [2.75, 3.05) is 7.11 Å². The number of phenolic OH excluding ortho intramolecular Hbond substituents is 1. The molecule has 0 aromatic heterocycles. The first kappa shape index (κ1) is 21.2. The molecule has 27 heavy (non-hydrogen) atoms. The highest BCUT2D eigenvalue weighted by Gasteiger charge is 2.37. The second-order valence-electron chi connectivity index (χ2n) is 7.68. The molecule has 1 aliphatic carbocycles. The number of ether oxygens (including phenoxy) is 1. The summed E-state index contributed by atoms with van der Waals surface area (Å²) in [5, 5.41) is 9.73. The third-order valence-corrected chi connectivity index (χ3v) is 5.54. The van der Waals surface area contributed by atoms with E-state index >= 15 is 0 Å². The van der Waals surface area contributed by atoms with E-state index < -0.39 is 0 Å². The first-order valence-corrected chi connectivity index (χ1v) is 9.90. The van der Waals surface area contributed by atoms with Gasteiger partial charge in [0.15, 0.2) is 0 Å². The Morgan fingerprint density at radius 3 is 2.41 bits per heavy atom. The summed E-state index contributed by atoms with van der Waals surface area (Å²) in [6, 6.07) is 7.55. The third kappa shape index (κ3) is 5.46. The van der Waals surface area contributed by atoms with Gasteiger partial charge in [-0.2, -0.15) is 0 Å². The lowest BCUT2D eigenvalue weighted by Crippen LogP contribution is -2.32. The molecule has 2 rings (SSSR count). The second-order valence-corrected chi connectivity index (χ2v) is 7.68. The van der Waals surface area contributed by atoms with Crippen molar-refractivity contribution < 1.29 is 14.6 Å². The van der Waals surface area contributed by atoms with Crippen LogP contribution in [-0.4, -0.2) is 24.2 Å². The molecule has 0 amide bonds. The maximum Gasteiger partial charge on any atom is 0.312 e. The summed E-state index contributed by atoms with van der Waals surface area (Å²) >= 11 is 0. The molecule has 1 aliphatic rings. The lowest BCUT2D eigenvalue weighted by molar-refractivity contribution is -0.143. The van der Waals surface area contributed by atoms with Gasteiger partial charge in [0.2, 0.25) is 0 Å². The lowest BCUT2D eigenvalue weighted by atomic mass is 9.63. The number of carbonyl (C=O) groups excluding carboxylic acids is 1. The molecule has 0 saturated heterocycles. The van der Waals surface area contributed by atoms with E-state index in [0.717, 1.165) is 32.1 Å². The normalized spacial score (nSPS) is 19.6. The molecule has 0 spiro atoms. The van der Waals surface area contributed by atoms with Gasteiger partial charge < -0.3 is 15.6 Å². The summed E-state index contributed by atoms with van der Waals surface area (Å²) in [7, 11) is 1.43. The molecule has 0 aliphatic heterocycles. The molecule has 0 bridgehead atoms. The van der Waals surface area contributed by atoms with Crippen molar-refractivity contribution in [3.63, 3.8) is 0 Å². The van der Waals surface area contributed by atoms with E-state index in [1.165, 1.54) is 24.7 Å². The average Bonchev–Trinajstić information content (AvgIpc) is 2.67. The molecule has 0 heterocycles. The van der Waals surface area contributed by atoms with E-state index in [1.54, 1.807) is 12.1 Å². The number of nitrogens with two attached hydrogens (primary N) is 1. The quantitative estimate of drug-likeness (QED) is 0.542. The smallest absolute Gasteiger partial charge is 0.312 e. The summed E-state index contributed by atoms with van der Waals surface area (Å²) in [6.07, 6.45) is 12.6. The zero-order valence-corrected chi connectivity index (χ0v) is 16.8. The summed E-state index contributed by atoms with van der Waals surface area (Å²) in [4.78, 5) is 12.1. The van der Waals surface area contributed by atoms with Crippen LogP contribution >= 0.6 is 0 Å². The van der Waals surface area contributed by atoms with E-state index in [0.29, 0.717) is 0 Å². The Bertz CT molecular complexity index is 667. The van der Waals surface area contributed by atoms with Crippen molar-refractivity contribution in [2.24, 2.45) is 11.7 Å². The zero-order chi connectivity index (χ0) is 19.9. The maximum absolute atomic E-state index is 12.1. The lowest BCUT2D eigenvalue weighted by Gasteiger charge is -2.41. The summed E-state index contributed by atoms with van der Waals surface area (Å²) < 4.78 is 4.94. The van der Waals surface area contributed by atoms with Crippen molar-refractivity contribution in [3.05, 3.63) is 53.6 Å². The van der Waals surface area contributed by atoms with Crippen LogP contribution in [0.25, 0.3) is 0 Å². The van der Waals surface area contributed by atoms with E-state index in [2.05, 4.69) is 12.2 Å². The van der Waals surface area contributed by atoms with E-state index in [4.69, 9.17) is 10.5 Å². The van der Waals surface area contributed by atoms with Gasteiger partial charge in [0.05, 0.1) is 13.0 Å². The van der Waals surface area contributed by atoms with Crippen molar-refractivity contribution in [1.82, 2.24) is 0 Å². The molecule has 4 heteroatoms. The Labute approximate surface area is 163 Å². The van der Waals surface area contributed by atoms with Crippen LogP contribution in [0, 0.1) is 5.92 Å². The Kier molecular flexibility index (Phi) is 7.66. The predicted molar refractivity (Wildman–Crippen MR) is 110 cm³/mol. The van der Waals surface area contributed by atoms with Crippen LogP contribution in [0.5, 0.6) is 5.75 Å². The van der Waals surface area contributed by atoms with Gasteiger partial charge in [0, 0.05) is 11.5 Å². The summed E-state index contributed by atoms with van der Waals surface area (Å²) in [6.45, 7) is 3.84. The Morgan fingerprint density at radius 2 is 1.85 bits per heavy atom. The number of phenols is 1. The van der Waals surface area contributed by atoms with Gasteiger partial charge in [-0.05, 0) is 50.8 Å². The highest BCUT2D eigenvalue weighted by Crippen LogP contribution is 2.47. The van der Waals surface area contributed by atoms with Crippen LogP contribution in [-0.2, 0) is 14.9 Å². The molecule has 3 N–H and O–H groups in total. The maximum atomic E-state index is 12.1. The summed E-state index contributed by atoms with van der Waals surface area (Å²) in [5.74, 6) is -0.250. The van der Waals surface area contributed by atoms with E-state index in [-0.39, 0.29) is 29.1 Å². The fraction of sp³-hybridized carbons (Fsp3) is 0.522. The minimum absolute atomic E-state index is 0.000240. The van der Waals surface area contributed by atoms with Gasteiger partial charge in [-0.15, -0.1) is 0 Å². The predicted octanol–water partition coefficient (Wildman–Crippen LogP) is 4.62. The van der Waals surface area contributed by atoms with Gasteiger partial charge in [0.25, 0.3) is 0 Å². The highest BCUT2D eigenvalue weighted by atomic mass is 16.5. The SMILES string of the molecule is COC(=O)C(C)/C=C(\C/C=C\C(C)N)C1(c2ccc(O)cc2)CCCCC1. The van der Waals surface area contributed by atoms with Crippen molar-refractivity contribution >= 4 is 5.97 Å². The minimum atomic E-state index is -0.301. The Balaban J connectivity index is 2.49. The van der Waals surface area contributed by atoms with Gasteiger partial charge in [0.1, 0.15) is 5.75 Å². The van der Waals surface area contributed by atoms with Crippen LogP contribution in [0.3, 0.4) is 0 Å². The zero-order valence-electron chi connectivity index (χ0n) is 16.8. The number of methoxy groups -OCH3 is 1. The van der Waals surface area contributed by atoms with Crippen LogP contribution < -0.4 is 5.73 Å². The minimum Gasteiger partial charge on any atom is -0.508 e. The number of hydrogen-bond acceptors (Lipinski definition) is 4. The first-order chi connectivity index (χ1) is 12.9.